The first-order chi connectivity index (χ1) is 7.08. The first-order valence-electron chi connectivity index (χ1n) is 5.86. The smallest absolute Gasteiger partial charge is 0.0791 e. The lowest BCUT2D eigenvalue weighted by atomic mass is 10.3. The number of aliphatic hydroxyl groups is 1. The number of nitrogens with one attached hydrogen (secondary N) is 1. The Balaban J connectivity index is 2.25. The minimum Gasteiger partial charge on any atom is -0.390 e. The highest BCUT2D eigenvalue weighted by molar-refractivity contribution is 4.77. The van der Waals surface area contributed by atoms with Gasteiger partial charge in [-0.3, -0.25) is 4.90 Å². The van der Waals surface area contributed by atoms with Crippen LogP contribution in [0.15, 0.2) is 0 Å². The van der Waals surface area contributed by atoms with Gasteiger partial charge in [-0.2, -0.15) is 0 Å². The zero-order valence-corrected chi connectivity index (χ0v) is 10.2. The normalized spacial score (nSPS) is 29.4. The topological polar surface area (TPSA) is 38.7 Å². The molecule has 0 aromatic rings. The van der Waals surface area contributed by atoms with Crippen LogP contribution in [-0.2, 0) is 0 Å². The second-order valence-corrected chi connectivity index (χ2v) is 4.88. The maximum Gasteiger partial charge on any atom is 0.0791 e. The molecular weight excluding hydrogens is 190 g/mol. The average molecular weight is 215 g/mol. The van der Waals surface area contributed by atoms with Crippen molar-refractivity contribution in [2.75, 3.05) is 46.8 Å². The van der Waals surface area contributed by atoms with Gasteiger partial charge in [0.1, 0.15) is 0 Å². The summed E-state index contributed by atoms with van der Waals surface area (Å²) in [6, 6.07) is 0.488. The van der Waals surface area contributed by atoms with Crippen molar-refractivity contribution in [3.8, 4) is 0 Å². The summed E-state index contributed by atoms with van der Waals surface area (Å²) in [6.45, 7) is 6.97. The first kappa shape index (κ1) is 12.9. The summed E-state index contributed by atoms with van der Waals surface area (Å²) in [7, 11) is 4.20. The Labute approximate surface area is 93.2 Å². The molecule has 90 valence electrons. The monoisotopic (exact) mass is 215 g/mol. The second kappa shape index (κ2) is 6.43. The van der Waals surface area contributed by atoms with Crippen molar-refractivity contribution in [2.24, 2.45) is 0 Å². The Bertz CT molecular complexity index is 163. The summed E-state index contributed by atoms with van der Waals surface area (Å²) in [5.41, 5.74) is 0. The number of rotatable bonds is 4. The van der Waals surface area contributed by atoms with Gasteiger partial charge < -0.3 is 15.3 Å². The minimum absolute atomic E-state index is 0.214. The maximum atomic E-state index is 9.67. The Hall–Kier alpha value is -0.160. The predicted octanol–water partition coefficient (Wildman–Crippen LogP) is -0.407. The van der Waals surface area contributed by atoms with Crippen LogP contribution in [0, 0.1) is 0 Å². The van der Waals surface area contributed by atoms with E-state index in [1.54, 1.807) is 0 Å². The molecule has 2 atom stereocenters. The van der Waals surface area contributed by atoms with Crippen molar-refractivity contribution in [1.82, 2.24) is 15.1 Å². The van der Waals surface area contributed by atoms with Gasteiger partial charge in [-0.15, -0.1) is 0 Å². The first-order valence-corrected chi connectivity index (χ1v) is 5.86. The molecule has 1 fully saturated rings. The van der Waals surface area contributed by atoms with Crippen LogP contribution in [0.2, 0.25) is 0 Å². The Kier molecular flexibility index (Phi) is 5.53. The summed E-state index contributed by atoms with van der Waals surface area (Å²) >= 11 is 0. The van der Waals surface area contributed by atoms with E-state index < -0.39 is 0 Å². The van der Waals surface area contributed by atoms with Crippen molar-refractivity contribution >= 4 is 0 Å². The third-order valence-corrected chi connectivity index (χ3v) is 2.78. The van der Waals surface area contributed by atoms with Gasteiger partial charge in [0.15, 0.2) is 0 Å². The Morgan fingerprint density at radius 3 is 2.80 bits per heavy atom. The fourth-order valence-corrected chi connectivity index (χ4v) is 2.02. The third kappa shape index (κ3) is 5.47. The van der Waals surface area contributed by atoms with Crippen LogP contribution >= 0.6 is 0 Å². The molecule has 0 radical (unpaired) electrons. The van der Waals surface area contributed by atoms with Crippen LogP contribution in [0.1, 0.15) is 13.3 Å². The molecule has 2 unspecified atom stereocenters. The number of hydrogen-bond donors (Lipinski definition) is 2. The molecule has 0 aromatic heterocycles. The SMILES string of the molecule is CC1CN(CCCN(C)C)CC(O)CN1. The summed E-state index contributed by atoms with van der Waals surface area (Å²) in [4.78, 5) is 4.56. The lowest BCUT2D eigenvalue weighted by Gasteiger charge is -2.23. The molecule has 0 amide bonds. The van der Waals surface area contributed by atoms with Crippen LogP contribution in [0.4, 0.5) is 0 Å². The highest BCUT2D eigenvalue weighted by atomic mass is 16.3. The van der Waals surface area contributed by atoms with Gasteiger partial charge in [0, 0.05) is 25.7 Å². The van der Waals surface area contributed by atoms with Gasteiger partial charge in [-0.05, 0) is 40.5 Å². The van der Waals surface area contributed by atoms with Crippen molar-refractivity contribution in [3.63, 3.8) is 0 Å². The van der Waals surface area contributed by atoms with Gasteiger partial charge in [0.05, 0.1) is 6.10 Å². The summed E-state index contributed by atoms with van der Waals surface area (Å²) < 4.78 is 0. The molecule has 0 spiro atoms. The van der Waals surface area contributed by atoms with Crippen molar-refractivity contribution in [2.45, 2.75) is 25.5 Å². The minimum atomic E-state index is -0.214. The maximum absolute atomic E-state index is 9.67. The van der Waals surface area contributed by atoms with E-state index in [0.717, 1.165) is 32.7 Å². The highest BCUT2D eigenvalue weighted by Gasteiger charge is 2.18. The molecule has 15 heavy (non-hydrogen) atoms. The standard InChI is InChI=1S/C11H25N3O/c1-10-8-14(6-4-5-13(2)3)9-11(15)7-12-10/h10-12,15H,4-9H2,1-3H3. The molecule has 1 aliphatic rings. The molecular formula is C11H25N3O. The lowest BCUT2D eigenvalue weighted by Crippen LogP contribution is -2.36. The molecule has 4 nitrogen and oxygen atoms in total. The number of hydrogen-bond acceptors (Lipinski definition) is 4. The number of β-amino-alcohol motifs (C(OH)–C–C–N with tert-alkyl or cyclic N) is 1. The lowest BCUT2D eigenvalue weighted by molar-refractivity contribution is 0.128. The van der Waals surface area contributed by atoms with E-state index in [-0.39, 0.29) is 6.10 Å². The third-order valence-electron chi connectivity index (χ3n) is 2.78. The van der Waals surface area contributed by atoms with Crippen LogP contribution < -0.4 is 5.32 Å². The van der Waals surface area contributed by atoms with E-state index in [4.69, 9.17) is 0 Å². The molecule has 1 heterocycles. The highest BCUT2D eigenvalue weighted by Crippen LogP contribution is 2.02. The zero-order chi connectivity index (χ0) is 11.3. The van der Waals surface area contributed by atoms with Crippen molar-refractivity contribution in [3.05, 3.63) is 0 Å². The Morgan fingerprint density at radius 1 is 1.40 bits per heavy atom. The molecule has 0 aromatic carbocycles. The van der Waals surface area contributed by atoms with Gasteiger partial charge in [0.2, 0.25) is 0 Å². The van der Waals surface area contributed by atoms with E-state index >= 15 is 0 Å². The largest absolute Gasteiger partial charge is 0.390 e. The molecule has 0 bridgehead atoms. The molecule has 4 heteroatoms. The molecule has 1 rings (SSSR count). The van der Waals surface area contributed by atoms with Gasteiger partial charge in [-0.1, -0.05) is 0 Å². The van der Waals surface area contributed by atoms with Gasteiger partial charge in [0.25, 0.3) is 0 Å². The molecule has 0 aliphatic carbocycles. The van der Waals surface area contributed by atoms with Crippen LogP contribution in [-0.4, -0.2) is 73.9 Å². The number of nitrogens with zero attached hydrogens (tertiary/aromatic N) is 2. The predicted molar refractivity (Wildman–Crippen MR) is 63.1 cm³/mol. The Morgan fingerprint density at radius 2 is 2.13 bits per heavy atom. The quantitative estimate of drug-likeness (QED) is 0.669. The summed E-state index contributed by atoms with van der Waals surface area (Å²) in [6.07, 6.45) is 0.959. The fourth-order valence-electron chi connectivity index (χ4n) is 2.02. The summed E-state index contributed by atoms with van der Waals surface area (Å²) in [5, 5.41) is 13.0. The van der Waals surface area contributed by atoms with E-state index in [0.29, 0.717) is 6.04 Å². The average Bonchev–Trinajstić information content (AvgIpc) is 2.27. The van der Waals surface area contributed by atoms with Gasteiger partial charge >= 0.3 is 0 Å². The molecule has 0 saturated carbocycles. The zero-order valence-electron chi connectivity index (χ0n) is 10.2. The number of aliphatic hydroxyl groups excluding tert-OH is 1. The van der Waals surface area contributed by atoms with E-state index in [2.05, 4.69) is 36.1 Å². The van der Waals surface area contributed by atoms with E-state index in [1.807, 2.05) is 0 Å². The van der Waals surface area contributed by atoms with E-state index in [9.17, 15) is 5.11 Å². The summed E-state index contributed by atoms with van der Waals surface area (Å²) in [5.74, 6) is 0. The van der Waals surface area contributed by atoms with Crippen LogP contribution in [0.5, 0.6) is 0 Å². The molecule has 1 aliphatic heterocycles. The second-order valence-electron chi connectivity index (χ2n) is 4.88. The van der Waals surface area contributed by atoms with Crippen molar-refractivity contribution < 1.29 is 5.11 Å². The van der Waals surface area contributed by atoms with Crippen molar-refractivity contribution in [1.29, 1.82) is 0 Å². The van der Waals surface area contributed by atoms with E-state index in [1.165, 1.54) is 6.42 Å². The van der Waals surface area contributed by atoms with Crippen LogP contribution in [0.25, 0.3) is 0 Å². The van der Waals surface area contributed by atoms with Crippen LogP contribution in [0.3, 0.4) is 0 Å². The van der Waals surface area contributed by atoms with Gasteiger partial charge in [-0.25, -0.2) is 0 Å². The molecule has 2 N–H and O–H groups in total. The fraction of sp³-hybridized carbons (Fsp3) is 1.00. The molecule has 1 saturated heterocycles.